The van der Waals surface area contributed by atoms with E-state index in [9.17, 15) is 14.7 Å². The summed E-state index contributed by atoms with van der Waals surface area (Å²) in [5.41, 5.74) is 0.178. The van der Waals surface area contributed by atoms with Crippen LogP contribution in [0.1, 0.15) is 17.3 Å². The van der Waals surface area contributed by atoms with Crippen LogP contribution in [-0.2, 0) is 4.79 Å². The number of carbonyl (C=O) groups is 2. The first-order valence-corrected chi connectivity index (χ1v) is 4.19. The second-order valence-corrected chi connectivity index (χ2v) is 2.92. The van der Waals surface area contributed by atoms with Crippen molar-refractivity contribution in [3.05, 3.63) is 23.8 Å². The van der Waals surface area contributed by atoms with Crippen LogP contribution in [0.25, 0.3) is 0 Å². The topological polar surface area (TPSA) is 83.8 Å². The number of aliphatic carboxylic acids is 1. The summed E-state index contributed by atoms with van der Waals surface area (Å²) in [4.78, 5) is 21.1. The van der Waals surface area contributed by atoms with Gasteiger partial charge in [-0.15, -0.1) is 0 Å². The van der Waals surface area contributed by atoms with Gasteiger partial charge in [-0.25, -0.2) is 4.79 Å². The smallest absolute Gasteiger partial charge is 0.341 e. The maximum Gasteiger partial charge on any atom is 0.341 e. The molecule has 0 unspecified atom stereocenters. The molecule has 5 nitrogen and oxygen atoms in total. The molecule has 2 N–H and O–H groups in total. The summed E-state index contributed by atoms with van der Waals surface area (Å²) in [7, 11) is 0. The molecule has 1 aromatic rings. The van der Waals surface area contributed by atoms with Gasteiger partial charge in [-0.3, -0.25) is 4.79 Å². The summed E-state index contributed by atoms with van der Waals surface area (Å²) >= 11 is 0. The Morgan fingerprint density at radius 2 is 2.07 bits per heavy atom. The molecule has 0 saturated heterocycles. The molecule has 0 atom stereocenters. The largest absolute Gasteiger partial charge is 0.507 e. The molecule has 80 valence electrons. The number of phenols is 1. The Kier molecular flexibility index (Phi) is 3.28. The van der Waals surface area contributed by atoms with Crippen LogP contribution in [0.4, 0.5) is 0 Å². The first-order valence-electron chi connectivity index (χ1n) is 4.19. The second kappa shape index (κ2) is 4.45. The minimum atomic E-state index is -1.11. The van der Waals surface area contributed by atoms with Crippen LogP contribution in [0.5, 0.6) is 11.5 Å². The van der Waals surface area contributed by atoms with Crippen molar-refractivity contribution in [2.45, 2.75) is 6.92 Å². The van der Waals surface area contributed by atoms with E-state index in [0.717, 1.165) is 0 Å². The van der Waals surface area contributed by atoms with Gasteiger partial charge >= 0.3 is 5.97 Å². The predicted octanol–water partition coefficient (Wildman–Crippen LogP) is 1.06. The molecule has 5 heteroatoms. The first-order chi connectivity index (χ1) is 7.00. The van der Waals surface area contributed by atoms with Gasteiger partial charge in [0.05, 0.1) is 5.56 Å². The Labute approximate surface area is 85.9 Å². The van der Waals surface area contributed by atoms with Gasteiger partial charge in [0.1, 0.15) is 11.5 Å². The first kappa shape index (κ1) is 11.0. The maximum absolute atomic E-state index is 10.9. The maximum atomic E-state index is 10.9. The van der Waals surface area contributed by atoms with Crippen LogP contribution in [-0.4, -0.2) is 28.6 Å². The lowest BCUT2D eigenvalue weighted by atomic mass is 10.1. The van der Waals surface area contributed by atoms with Crippen molar-refractivity contribution in [3.63, 3.8) is 0 Å². The highest BCUT2D eigenvalue weighted by Crippen LogP contribution is 2.23. The Hall–Kier alpha value is -2.04. The number of rotatable bonds is 4. The molecule has 1 rings (SSSR count). The molecule has 0 aliphatic rings. The van der Waals surface area contributed by atoms with Crippen molar-refractivity contribution < 1.29 is 24.5 Å². The number of carboxylic acids is 1. The molecule has 0 bridgehead atoms. The van der Waals surface area contributed by atoms with E-state index in [1.54, 1.807) is 0 Å². The van der Waals surface area contributed by atoms with Crippen molar-refractivity contribution in [1.82, 2.24) is 0 Å². The molecule has 0 aliphatic carbocycles. The summed E-state index contributed by atoms with van der Waals surface area (Å²) in [6, 6.07) is 4.02. The summed E-state index contributed by atoms with van der Waals surface area (Å²) < 4.78 is 4.81. The number of carboxylic acid groups (broad SMARTS) is 1. The summed E-state index contributed by atoms with van der Waals surface area (Å²) in [6.45, 7) is 0.839. The quantitative estimate of drug-likeness (QED) is 0.726. The molecule has 15 heavy (non-hydrogen) atoms. The number of carbonyl (C=O) groups excluding carboxylic acids is 1. The average Bonchev–Trinajstić information content (AvgIpc) is 2.14. The summed E-state index contributed by atoms with van der Waals surface area (Å²) in [6.07, 6.45) is 0. The van der Waals surface area contributed by atoms with Crippen LogP contribution in [0.15, 0.2) is 18.2 Å². The summed E-state index contributed by atoms with van der Waals surface area (Å²) in [5, 5.41) is 17.7. The standard InChI is InChI=1S/C10H10O5/c1-6(11)8-3-2-7(4-9(8)12)15-5-10(13)14/h2-4,12H,5H2,1H3,(H,13,14). The van der Waals surface area contributed by atoms with Gasteiger partial charge in [0.25, 0.3) is 0 Å². The van der Waals surface area contributed by atoms with E-state index in [4.69, 9.17) is 9.84 Å². The summed E-state index contributed by atoms with van der Waals surface area (Å²) in [5.74, 6) is -1.38. The third-order valence-electron chi connectivity index (χ3n) is 1.71. The van der Waals surface area contributed by atoms with Gasteiger partial charge in [-0.2, -0.15) is 0 Å². The Balaban J connectivity index is 2.82. The zero-order chi connectivity index (χ0) is 11.4. The SMILES string of the molecule is CC(=O)c1ccc(OCC(=O)O)cc1O. The number of aromatic hydroxyl groups is 1. The minimum absolute atomic E-state index is 0.178. The Morgan fingerprint density at radius 1 is 1.40 bits per heavy atom. The van der Waals surface area contributed by atoms with Crippen molar-refractivity contribution >= 4 is 11.8 Å². The van der Waals surface area contributed by atoms with Gasteiger partial charge in [-0.05, 0) is 19.1 Å². The average molecular weight is 210 g/mol. The molecule has 0 radical (unpaired) electrons. The fourth-order valence-electron chi connectivity index (χ4n) is 1.04. The highest BCUT2D eigenvalue weighted by Gasteiger charge is 2.08. The van der Waals surface area contributed by atoms with Crippen molar-refractivity contribution in [1.29, 1.82) is 0 Å². The highest BCUT2D eigenvalue weighted by molar-refractivity contribution is 5.96. The molecule has 1 aromatic carbocycles. The molecule has 0 fully saturated rings. The molecule has 0 spiro atoms. The zero-order valence-corrected chi connectivity index (χ0v) is 8.06. The van der Waals surface area contributed by atoms with Gasteiger partial charge < -0.3 is 14.9 Å². The Bertz CT molecular complexity index is 397. The van der Waals surface area contributed by atoms with Crippen LogP contribution < -0.4 is 4.74 Å². The number of ketones is 1. The number of benzene rings is 1. The van der Waals surface area contributed by atoms with Gasteiger partial charge in [-0.1, -0.05) is 0 Å². The lowest BCUT2D eigenvalue weighted by Crippen LogP contribution is -2.09. The van der Waals surface area contributed by atoms with E-state index in [1.807, 2.05) is 0 Å². The molecule has 0 aliphatic heterocycles. The number of ether oxygens (including phenoxy) is 1. The van der Waals surface area contributed by atoms with Crippen LogP contribution in [0, 0.1) is 0 Å². The van der Waals surface area contributed by atoms with E-state index in [2.05, 4.69) is 0 Å². The lowest BCUT2D eigenvalue weighted by molar-refractivity contribution is -0.139. The highest BCUT2D eigenvalue weighted by atomic mass is 16.5. The second-order valence-electron chi connectivity index (χ2n) is 2.92. The third-order valence-corrected chi connectivity index (χ3v) is 1.71. The van der Waals surface area contributed by atoms with Gasteiger partial charge in [0.15, 0.2) is 12.4 Å². The zero-order valence-electron chi connectivity index (χ0n) is 8.06. The number of phenolic OH excluding ortho intramolecular Hbond substituents is 1. The molecule has 0 aromatic heterocycles. The van der Waals surface area contributed by atoms with E-state index >= 15 is 0 Å². The van der Waals surface area contributed by atoms with E-state index < -0.39 is 12.6 Å². The lowest BCUT2D eigenvalue weighted by Gasteiger charge is -2.05. The van der Waals surface area contributed by atoms with E-state index in [-0.39, 0.29) is 22.8 Å². The van der Waals surface area contributed by atoms with Crippen LogP contribution in [0.2, 0.25) is 0 Å². The Morgan fingerprint density at radius 3 is 2.53 bits per heavy atom. The van der Waals surface area contributed by atoms with Crippen LogP contribution >= 0.6 is 0 Å². The van der Waals surface area contributed by atoms with E-state index in [1.165, 1.54) is 25.1 Å². The third kappa shape index (κ3) is 2.98. The normalized spacial score (nSPS) is 9.67. The molecule has 0 amide bonds. The van der Waals surface area contributed by atoms with E-state index in [0.29, 0.717) is 0 Å². The van der Waals surface area contributed by atoms with Crippen molar-refractivity contribution in [2.75, 3.05) is 6.61 Å². The minimum Gasteiger partial charge on any atom is -0.507 e. The fourth-order valence-corrected chi connectivity index (χ4v) is 1.04. The molecule has 0 heterocycles. The molecule has 0 saturated carbocycles. The monoisotopic (exact) mass is 210 g/mol. The van der Waals surface area contributed by atoms with Gasteiger partial charge in [0, 0.05) is 6.07 Å². The number of Topliss-reactive ketones (excluding diaryl/α,β-unsaturated/α-hetero) is 1. The molecular weight excluding hydrogens is 200 g/mol. The fraction of sp³-hybridized carbons (Fsp3) is 0.200. The number of hydrogen-bond donors (Lipinski definition) is 2. The van der Waals surface area contributed by atoms with Gasteiger partial charge in [0.2, 0.25) is 0 Å². The number of hydrogen-bond acceptors (Lipinski definition) is 4. The molecular formula is C10H10O5. The van der Waals surface area contributed by atoms with Crippen molar-refractivity contribution in [2.24, 2.45) is 0 Å². The van der Waals surface area contributed by atoms with Crippen molar-refractivity contribution in [3.8, 4) is 11.5 Å². The predicted molar refractivity (Wildman–Crippen MR) is 51.2 cm³/mol. The van der Waals surface area contributed by atoms with Crippen LogP contribution in [0.3, 0.4) is 0 Å².